The highest BCUT2D eigenvalue weighted by molar-refractivity contribution is 8.01. The van der Waals surface area contributed by atoms with Crippen LogP contribution in [-0.2, 0) is 26.2 Å². The van der Waals surface area contributed by atoms with Gasteiger partial charge in [-0.1, -0.05) is 11.8 Å². The summed E-state index contributed by atoms with van der Waals surface area (Å²) in [4.78, 5) is 51.4. The SMILES string of the molecule is Cn1nnnc1SCC1=C(C(=O)O)N2C(=O)[C@@H](NCC3=C(C(=O)O)N4C(=O)[C@@H](N)[C@H]4SC3)[C@H]2SC1. The number of aromatic nitrogens is 4. The van der Waals surface area contributed by atoms with E-state index in [1.165, 1.54) is 49.8 Å². The van der Waals surface area contributed by atoms with Crippen LogP contribution in [0.25, 0.3) is 0 Å². The molecule has 0 spiro atoms. The number of carboxylic acid groups (broad SMARTS) is 2. The summed E-state index contributed by atoms with van der Waals surface area (Å²) in [5, 5.41) is 33.4. The van der Waals surface area contributed by atoms with Crippen LogP contribution < -0.4 is 11.1 Å². The molecule has 5 heterocycles. The number of fused-ring (bicyclic) bond motifs is 2. The largest absolute Gasteiger partial charge is 0.477 e. The summed E-state index contributed by atoms with van der Waals surface area (Å²) in [5.74, 6) is -2.17. The molecular formula is C18H20N8O6S3. The lowest BCUT2D eigenvalue weighted by Gasteiger charge is -2.50. The number of nitrogens with one attached hydrogen (secondary N) is 1. The molecule has 4 aliphatic rings. The Morgan fingerprint density at radius 2 is 1.71 bits per heavy atom. The number of hydrogen-bond acceptors (Lipinski definition) is 12. The molecule has 1 aromatic rings. The van der Waals surface area contributed by atoms with Gasteiger partial charge in [-0.25, -0.2) is 14.3 Å². The Kier molecular flexibility index (Phi) is 6.28. The van der Waals surface area contributed by atoms with Crippen LogP contribution >= 0.6 is 35.3 Å². The fraction of sp³-hybridized carbons (Fsp3) is 0.500. The zero-order valence-electron chi connectivity index (χ0n) is 18.2. The highest BCUT2D eigenvalue weighted by Crippen LogP contribution is 2.42. The second-order valence-electron chi connectivity index (χ2n) is 8.09. The number of aryl methyl sites for hydroxylation is 1. The van der Waals surface area contributed by atoms with E-state index in [0.717, 1.165) is 0 Å². The van der Waals surface area contributed by atoms with Crippen molar-refractivity contribution < 1.29 is 29.4 Å². The number of β-lactam (4-membered cyclic amide) rings is 2. The first-order chi connectivity index (χ1) is 16.7. The standard InChI is InChI=1S/C18H20N8O6S3/c1-24-18(21-22-23-24)35-5-7-4-34-15-9(13(28)26(15)11(7)17(31)32)20-2-6-3-33-14-8(19)12(27)25(14)10(6)16(29)30/h8-9,14-15,20H,2-5,19H2,1H3,(H,29,30)(H,31,32)/t8-,9-,14-,15-/m1/s1. The molecule has 0 aromatic carbocycles. The summed E-state index contributed by atoms with van der Waals surface area (Å²) in [5.41, 5.74) is 6.71. The lowest BCUT2D eigenvalue weighted by Crippen LogP contribution is -2.70. The molecule has 186 valence electrons. The highest BCUT2D eigenvalue weighted by atomic mass is 32.2. The van der Waals surface area contributed by atoms with Gasteiger partial charge >= 0.3 is 11.9 Å². The molecule has 2 amide bonds. The van der Waals surface area contributed by atoms with Crippen LogP contribution in [0, 0.1) is 0 Å². The molecule has 1 aromatic heterocycles. The van der Waals surface area contributed by atoms with Gasteiger partial charge in [0.05, 0.1) is 0 Å². The molecule has 2 fully saturated rings. The number of nitrogens with two attached hydrogens (primary N) is 1. The molecule has 35 heavy (non-hydrogen) atoms. The minimum atomic E-state index is -1.22. The van der Waals surface area contributed by atoms with E-state index in [9.17, 15) is 29.4 Å². The van der Waals surface area contributed by atoms with Gasteiger partial charge in [0.2, 0.25) is 17.0 Å². The average molecular weight is 541 g/mol. The summed E-state index contributed by atoms with van der Waals surface area (Å²) in [6.07, 6.45) is 0. The van der Waals surface area contributed by atoms with E-state index < -0.39 is 46.6 Å². The normalized spacial score (nSPS) is 27.9. The zero-order chi connectivity index (χ0) is 25.0. The average Bonchev–Trinajstić information content (AvgIpc) is 3.25. The first kappa shape index (κ1) is 24.1. The van der Waals surface area contributed by atoms with Crippen LogP contribution in [-0.4, -0.2) is 111 Å². The molecule has 5 N–H and O–H groups in total. The third-order valence-corrected chi connectivity index (χ3v) is 9.83. The quantitative estimate of drug-likeness (QED) is 0.210. The van der Waals surface area contributed by atoms with Crippen molar-refractivity contribution in [1.82, 2.24) is 35.3 Å². The van der Waals surface area contributed by atoms with E-state index in [0.29, 0.717) is 33.6 Å². The zero-order valence-corrected chi connectivity index (χ0v) is 20.6. The van der Waals surface area contributed by atoms with E-state index in [-0.39, 0.29) is 17.9 Å². The van der Waals surface area contributed by atoms with Crippen molar-refractivity contribution in [3.8, 4) is 0 Å². The molecule has 0 radical (unpaired) electrons. The maximum atomic E-state index is 12.9. The lowest BCUT2D eigenvalue weighted by molar-refractivity contribution is -0.149. The number of amides is 2. The van der Waals surface area contributed by atoms with Gasteiger partial charge in [-0.05, 0) is 21.6 Å². The molecule has 17 heteroatoms. The van der Waals surface area contributed by atoms with Crippen molar-refractivity contribution in [2.24, 2.45) is 12.8 Å². The van der Waals surface area contributed by atoms with Crippen molar-refractivity contribution in [3.63, 3.8) is 0 Å². The van der Waals surface area contributed by atoms with Gasteiger partial charge < -0.3 is 15.9 Å². The monoisotopic (exact) mass is 540 g/mol. The summed E-state index contributed by atoms with van der Waals surface area (Å²) >= 11 is 4.10. The summed E-state index contributed by atoms with van der Waals surface area (Å²) < 4.78 is 1.48. The van der Waals surface area contributed by atoms with E-state index in [1.807, 2.05) is 0 Å². The predicted molar refractivity (Wildman–Crippen MR) is 125 cm³/mol. The minimum absolute atomic E-state index is 0.0407. The lowest BCUT2D eigenvalue weighted by atomic mass is 10.0. The van der Waals surface area contributed by atoms with Gasteiger partial charge in [-0.2, -0.15) is 0 Å². The summed E-state index contributed by atoms with van der Waals surface area (Å²) in [6, 6.07) is -1.39. The number of hydrogen-bond donors (Lipinski definition) is 4. The first-order valence-corrected chi connectivity index (χ1v) is 13.4. The number of tetrazole rings is 1. The fourth-order valence-corrected chi connectivity index (χ4v) is 7.95. The molecule has 4 aliphatic heterocycles. The summed E-state index contributed by atoms with van der Waals surface area (Å²) in [6.45, 7) is 0.0790. The number of rotatable bonds is 8. The second kappa shape index (κ2) is 9.12. The molecule has 5 rings (SSSR count). The number of aliphatic carboxylic acids is 2. The number of carboxylic acids is 2. The fourth-order valence-electron chi connectivity index (χ4n) is 4.29. The molecule has 2 saturated heterocycles. The van der Waals surface area contributed by atoms with Gasteiger partial charge in [0.25, 0.3) is 0 Å². The molecule has 0 unspecified atom stereocenters. The Balaban J connectivity index is 1.29. The predicted octanol–water partition coefficient (Wildman–Crippen LogP) is -1.90. The summed E-state index contributed by atoms with van der Waals surface area (Å²) in [7, 11) is 1.68. The van der Waals surface area contributed by atoms with Gasteiger partial charge in [-0.15, -0.1) is 28.6 Å². The van der Waals surface area contributed by atoms with Gasteiger partial charge in [0.15, 0.2) is 0 Å². The van der Waals surface area contributed by atoms with Crippen LogP contribution in [0.5, 0.6) is 0 Å². The topological polar surface area (TPSA) is 197 Å². The van der Waals surface area contributed by atoms with E-state index >= 15 is 0 Å². The third-order valence-electron chi connectivity index (χ3n) is 6.03. The number of nitrogens with zero attached hydrogens (tertiary/aromatic N) is 6. The van der Waals surface area contributed by atoms with Crippen LogP contribution in [0.15, 0.2) is 27.7 Å². The second-order valence-corrected chi connectivity index (χ2v) is 11.2. The highest BCUT2D eigenvalue weighted by Gasteiger charge is 2.54. The molecule has 0 saturated carbocycles. The van der Waals surface area contributed by atoms with Gasteiger partial charge in [0.1, 0.15) is 34.2 Å². The van der Waals surface area contributed by atoms with Crippen molar-refractivity contribution in [2.75, 3.05) is 23.8 Å². The molecule has 0 aliphatic carbocycles. The Bertz CT molecular complexity index is 1200. The van der Waals surface area contributed by atoms with Crippen molar-refractivity contribution in [3.05, 3.63) is 22.5 Å². The molecule has 4 atom stereocenters. The Morgan fingerprint density at radius 1 is 1.09 bits per heavy atom. The number of carbonyl (C=O) groups is 4. The molecule has 14 nitrogen and oxygen atoms in total. The van der Waals surface area contributed by atoms with Gasteiger partial charge in [-0.3, -0.25) is 24.7 Å². The van der Waals surface area contributed by atoms with Crippen molar-refractivity contribution in [1.29, 1.82) is 0 Å². The van der Waals surface area contributed by atoms with Gasteiger partial charge in [0, 0.05) is 30.9 Å². The third kappa shape index (κ3) is 3.90. The van der Waals surface area contributed by atoms with E-state index in [2.05, 4.69) is 20.8 Å². The molecule has 0 bridgehead atoms. The van der Waals surface area contributed by atoms with Crippen molar-refractivity contribution >= 4 is 59.0 Å². The maximum Gasteiger partial charge on any atom is 0.352 e. The number of thioether (sulfide) groups is 3. The Labute approximate surface area is 210 Å². The smallest absolute Gasteiger partial charge is 0.352 e. The molecular weight excluding hydrogens is 520 g/mol. The van der Waals surface area contributed by atoms with Crippen molar-refractivity contribution in [2.45, 2.75) is 28.0 Å². The maximum absolute atomic E-state index is 12.9. The Morgan fingerprint density at radius 3 is 2.37 bits per heavy atom. The van der Waals surface area contributed by atoms with Crippen LogP contribution in [0.1, 0.15) is 0 Å². The van der Waals surface area contributed by atoms with Crippen LogP contribution in [0.3, 0.4) is 0 Å². The van der Waals surface area contributed by atoms with E-state index in [4.69, 9.17) is 5.73 Å². The van der Waals surface area contributed by atoms with Crippen LogP contribution in [0.2, 0.25) is 0 Å². The van der Waals surface area contributed by atoms with Crippen LogP contribution in [0.4, 0.5) is 0 Å². The number of carbonyl (C=O) groups excluding carboxylic acids is 2. The first-order valence-electron chi connectivity index (χ1n) is 10.3. The minimum Gasteiger partial charge on any atom is -0.477 e. The Hall–Kier alpha value is -2.60. The van der Waals surface area contributed by atoms with E-state index in [1.54, 1.807) is 7.05 Å².